The zero-order chi connectivity index (χ0) is 14.8. The SMILES string of the molecule is Cc1cc(NC(=O)NC[C@H]2CCO[C@@H]2C(C)(C)C)no1. The van der Waals surface area contributed by atoms with E-state index in [1.807, 2.05) is 0 Å². The summed E-state index contributed by atoms with van der Waals surface area (Å²) in [5.74, 6) is 1.44. The minimum atomic E-state index is -0.266. The topological polar surface area (TPSA) is 76.4 Å². The van der Waals surface area contributed by atoms with Gasteiger partial charge in [-0.1, -0.05) is 25.9 Å². The van der Waals surface area contributed by atoms with Crippen molar-refractivity contribution in [2.24, 2.45) is 11.3 Å². The molecule has 1 aliphatic rings. The molecule has 1 aromatic heterocycles. The maximum absolute atomic E-state index is 11.8. The van der Waals surface area contributed by atoms with Crippen LogP contribution in [0.15, 0.2) is 10.6 Å². The second-order valence-corrected chi connectivity index (χ2v) is 6.36. The molecule has 6 heteroatoms. The summed E-state index contributed by atoms with van der Waals surface area (Å²) in [7, 11) is 0. The van der Waals surface area contributed by atoms with Gasteiger partial charge >= 0.3 is 6.03 Å². The molecule has 20 heavy (non-hydrogen) atoms. The van der Waals surface area contributed by atoms with Gasteiger partial charge in [-0.2, -0.15) is 0 Å². The summed E-state index contributed by atoms with van der Waals surface area (Å²) < 4.78 is 10.7. The average Bonchev–Trinajstić information content (AvgIpc) is 2.94. The van der Waals surface area contributed by atoms with Crippen LogP contribution in [0.5, 0.6) is 0 Å². The van der Waals surface area contributed by atoms with Gasteiger partial charge in [0, 0.05) is 25.1 Å². The Kier molecular flexibility index (Phi) is 4.32. The lowest BCUT2D eigenvalue weighted by Crippen LogP contribution is -2.40. The zero-order valence-electron chi connectivity index (χ0n) is 12.5. The van der Waals surface area contributed by atoms with Gasteiger partial charge in [0.15, 0.2) is 5.82 Å². The second-order valence-electron chi connectivity index (χ2n) is 6.36. The number of aromatic nitrogens is 1. The van der Waals surface area contributed by atoms with Crippen molar-refractivity contribution in [2.45, 2.75) is 40.2 Å². The number of nitrogens with one attached hydrogen (secondary N) is 2. The molecule has 0 radical (unpaired) electrons. The third-order valence-electron chi connectivity index (χ3n) is 3.46. The van der Waals surface area contributed by atoms with Crippen molar-refractivity contribution in [3.8, 4) is 0 Å². The highest BCUT2D eigenvalue weighted by molar-refractivity contribution is 5.88. The maximum Gasteiger partial charge on any atom is 0.320 e. The van der Waals surface area contributed by atoms with E-state index in [1.54, 1.807) is 13.0 Å². The monoisotopic (exact) mass is 281 g/mol. The largest absolute Gasteiger partial charge is 0.377 e. The van der Waals surface area contributed by atoms with Gasteiger partial charge in [-0.25, -0.2) is 4.79 Å². The van der Waals surface area contributed by atoms with Crippen molar-refractivity contribution in [1.29, 1.82) is 0 Å². The highest BCUT2D eigenvalue weighted by Crippen LogP contribution is 2.34. The van der Waals surface area contributed by atoms with Crippen molar-refractivity contribution in [3.63, 3.8) is 0 Å². The van der Waals surface area contributed by atoms with Crippen LogP contribution in [0.2, 0.25) is 0 Å². The number of amides is 2. The van der Waals surface area contributed by atoms with Crippen LogP contribution in [-0.2, 0) is 4.74 Å². The minimum absolute atomic E-state index is 0.0859. The fourth-order valence-electron chi connectivity index (χ4n) is 2.61. The Morgan fingerprint density at radius 3 is 2.85 bits per heavy atom. The molecule has 1 saturated heterocycles. The summed E-state index contributed by atoms with van der Waals surface area (Å²) >= 11 is 0. The maximum atomic E-state index is 11.8. The molecule has 2 rings (SSSR count). The molecule has 0 unspecified atom stereocenters. The van der Waals surface area contributed by atoms with Gasteiger partial charge in [0.2, 0.25) is 0 Å². The Balaban J connectivity index is 1.81. The first kappa shape index (κ1) is 14.8. The Hall–Kier alpha value is -1.56. The van der Waals surface area contributed by atoms with Gasteiger partial charge < -0.3 is 14.6 Å². The minimum Gasteiger partial charge on any atom is -0.377 e. The van der Waals surface area contributed by atoms with E-state index in [4.69, 9.17) is 9.26 Å². The molecule has 0 aliphatic carbocycles. The number of anilines is 1. The lowest BCUT2D eigenvalue weighted by atomic mass is 9.81. The normalized spacial score (nSPS) is 22.8. The summed E-state index contributed by atoms with van der Waals surface area (Å²) in [6.45, 7) is 9.62. The van der Waals surface area contributed by atoms with E-state index < -0.39 is 0 Å². The number of aryl methyl sites for hydroxylation is 1. The van der Waals surface area contributed by atoms with Crippen LogP contribution in [0.25, 0.3) is 0 Å². The lowest BCUT2D eigenvalue weighted by molar-refractivity contribution is 0.00782. The number of carbonyl (C=O) groups excluding carboxylic acids is 1. The van der Waals surface area contributed by atoms with E-state index >= 15 is 0 Å². The first-order valence-electron chi connectivity index (χ1n) is 6.96. The summed E-state index contributed by atoms with van der Waals surface area (Å²) in [4.78, 5) is 11.8. The van der Waals surface area contributed by atoms with Crippen LogP contribution in [0.3, 0.4) is 0 Å². The van der Waals surface area contributed by atoms with Gasteiger partial charge in [-0.15, -0.1) is 0 Å². The number of urea groups is 1. The number of ether oxygens (including phenoxy) is 1. The Labute approximate surface area is 119 Å². The van der Waals surface area contributed by atoms with E-state index in [9.17, 15) is 4.79 Å². The third-order valence-corrected chi connectivity index (χ3v) is 3.46. The summed E-state index contributed by atoms with van der Waals surface area (Å²) in [6.07, 6.45) is 1.16. The third kappa shape index (κ3) is 3.72. The van der Waals surface area contributed by atoms with Gasteiger partial charge in [0.25, 0.3) is 0 Å². The van der Waals surface area contributed by atoms with Gasteiger partial charge in [-0.05, 0) is 18.8 Å². The Morgan fingerprint density at radius 2 is 2.25 bits per heavy atom. The molecule has 2 atom stereocenters. The first-order valence-corrected chi connectivity index (χ1v) is 6.96. The molecule has 2 amide bonds. The summed E-state index contributed by atoms with van der Waals surface area (Å²) in [5.41, 5.74) is 0.0859. The molecular weight excluding hydrogens is 258 g/mol. The standard InChI is InChI=1S/C14H23N3O3/c1-9-7-11(17-20-9)16-13(18)15-8-10-5-6-19-12(10)14(2,3)4/h7,10,12H,5-6,8H2,1-4H3,(H2,15,16,17,18)/t10-,12+/m1/s1. The quantitative estimate of drug-likeness (QED) is 0.892. The fraction of sp³-hybridized carbons (Fsp3) is 0.714. The number of hydrogen-bond donors (Lipinski definition) is 2. The van der Waals surface area contributed by atoms with Gasteiger partial charge in [0.05, 0.1) is 6.10 Å². The lowest BCUT2D eigenvalue weighted by Gasteiger charge is -2.31. The van der Waals surface area contributed by atoms with Crippen LogP contribution in [0, 0.1) is 18.3 Å². The Morgan fingerprint density at radius 1 is 1.50 bits per heavy atom. The number of hydrogen-bond acceptors (Lipinski definition) is 4. The Bertz CT molecular complexity index is 464. The average molecular weight is 281 g/mol. The molecule has 0 aromatic carbocycles. The van der Waals surface area contributed by atoms with Crippen molar-refractivity contribution >= 4 is 11.8 Å². The molecule has 6 nitrogen and oxygen atoms in total. The number of nitrogens with zero attached hydrogens (tertiary/aromatic N) is 1. The van der Waals surface area contributed by atoms with Crippen LogP contribution >= 0.6 is 0 Å². The smallest absolute Gasteiger partial charge is 0.320 e. The highest BCUT2D eigenvalue weighted by Gasteiger charge is 2.37. The molecule has 2 N–H and O–H groups in total. The molecule has 0 spiro atoms. The van der Waals surface area contributed by atoms with Crippen LogP contribution in [0.1, 0.15) is 33.0 Å². The highest BCUT2D eigenvalue weighted by atomic mass is 16.5. The zero-order valence-corrected chi connectivity index (χ0v) is 12.5. The molecular formula is C14H23N3O3. The van der Waals surface area contributed by atoms with E-state index in [1.165, 1.54) is 0 Å². The molecule has 0 bridgehead atoms. The predicted molar refractivity (Wildman–Crippen MR) is 75.6 cm³/mol. The molecule has 0 saturated carbocycles. The van der Waals surface area contributed by atoms with Crippen molar-refractivity contribution in [3.05, 3.63) is 11.8 Å². The van der Waals surface area contributed by atoms with Gasteiger partial charge in [0.1, 0.15) is 5.76 Å². The molecule has 1 aromatic rings. The van der Waals surface area contributed by atoms with E-state index in [0.717, 1.165) is 13.0 Å². The van der Waals surface area contributed by atoms with E-state index in [2.05, 4.69) is 36.6 Å². The molecule has 1 fully saturated rings. The van der Waals surface area contributed by atoms with Crippen molar-refractivity contribution in [2.75, 3.05) is 18.5 Å². The summed E-state index contributed by atoms with van der Waals surface area (Å²) in [6, 6.07) is 1.41. The first-order chi connectivity index (χ1) is 9.36. The van der Waals surface area contributed by atoms with Crippen molar-refractivity contribution < 1.29 is 14.1 Å². The molecule has 2 heterocycles. The van der Waals surface area contributed by atoms with Crippen LogP contribution in [0.4, 0.5) is 10.6 Å². The predicted octanol–water partition coefficient (Wildman–Crippen LogP) is 2.56. The number of rotatable bonds is 3. The van der Waals surface area contributed by atoms with Crippen LogP contribution in [-0.4, -0.2) is 30.4 Å². The van der Waals surface area contributed by atoms with Crippen molar-refractivity contribution in [1.82, 2.24) is 10.5 Å². The van der Waals surface area contributed by atoms with Crippen LogP contribution < -0.4 is 10.6 Å². The fourth-order valence-corrected chi connectivity index (χ4v) is 2.61. The molecule has 112 valence electrons. The van der Waals surface area contributed by atoms with Gasteiger partial charge in [-0.3, -0.25) is 5.32 Å². The summed E-state index contributed by atoms with van der Waals surface area (Å²) in [5, 5.41) is 9.24. The number of carbonyl (C=O) groups is 1. The molecule has 1 aliphatic heterocycles. The van der Waals surface area contributed by atoms with E-state index in [-0.39, 0.29) is 17.6 Å². The second kappa shape index (κ2) is 5.83. The van der Waals surface area contributed by atoms with E-state index in [0.29, 0.717) is 24.0 Å².